The van der Waals surface area contributed by atoms with Crippen molar-refractivity contribution in [1.82, 2.24) is 5.32 Å². The van der Waals surface area contributed by atoms with Gasteiger partial charge in [0.25, 0.3) is 0 Å². The van der Waals surface area contributed by atoms with Crippen LogP contribution < -0.4 is 5.32 Å². The maximum Gasteiger partial charge on any atom is 0.345 e. The van der Waals surface area contributed by atoms with Crippen LogP contribution in [0.5, 0.6) is 0 Å². The number of ether oxygens (including phenoxy) is 1. The Balaban J connectivity index is 1.67. The van der Waals surface area contributed by atoms with E-state index in [0.717, 1.165) is 37.4 Å². The maximum atomic E-state index is 11.7. The second kappa shape index (κ2) is 7.40. The van der Waals surface area contributed by atoms with E-state index in [2.05, 4.69) is 5.32 Å². The number of aromatic carboxylic acids is 1. The largest absolute Gasteiger partial charge is 0.477 e. The topological polar surface area (TPSA) is 75.6 Å². The molecule has 1 aliphatic heterocycles. The molecule has 110 valence electrons. The third kappa shape index (κ3) is 4.61. The molecule has 5 nitrogen and oxygen atoms in total. The Morgan fingerprint density at radius 3 is 2.75 bits per heavy atom. The van der Waals surface area contributed by atoms with Gasteiger partial charge in [0.15, 0.2) is 0 Å². The van der Waals surface area contributed by atoms with Gasteiger partial charge in [0.1, 0.15) is 4.88 Å². The van der Waals surface area contributed by atoms with Crippen molar-refractivity contribution in [3.05, 3.63) is 21.9 Å². The SMILES string of the molecule is O=C(CCC1CCOCC1)NCc1ccc(C(=O)O)s1. The highest BCUT2D eigenvalue weighted by atomic mass is 32.1. The van der Waals surface area contributed by atoms with Crippen LogP contribution in [0.1, 0.15) is 40.2 Å². The molecule has 2 heterocycles. The van der Waals surface area contributed by atoms with Crippen LogP contribution in [-0.2, 0) is 16.1 Å². The number of nitrogens with one attached hydrogen (secondary N) is 1. The number of amides is 1. The highest BCUT2D eigenvalue weighted by molar-refractivity contribution is 7.13. The number of carboxylic acid groups (broad SMARTS) is 1. The molecule has 1 amide bonds. The number of carbonyl (C=O) groups is 2. The molecule has 1 saturated heterocycles. The van der Waals surface area contributed by atoms with E-state index >= 15 is 0 Å². The molecule has 0 unspecified atom stereocenters. The van der Waals surface area contributed by atoms with E-state index in [1.165, 1.54) is 11.3 Å². The van der Waals surface area contributed by atoms with Gasteiger partial charge in [-0.05, 0) is 37.3 Å². The van der Waals surface area contributed by atoms with Crippen LogP contribution >= 0.6 is 11.3 Å². The van der Waals surface area contributed by atoms with E-state index in [9.17, 15) is 9.59 Å². The third-order valence-electron chi connectivity index (χ3n) is 3.45. The van der Waals surface area contributed by atoms with Crippen molar-refractivity contribution in [3.8, 4) is 0 Å². The van der Waals surface area contributed by atoms with E-state index in [1.54, 1.807) is 12.1 Å². The first-order valence-electron chi connectivity index (χ1n) is 6.81. The molecule has 1 aromatic heterocycles. The highest BCUT2D eigenvalue weighted by Gasteiger charge is 2.15. The smallest absolute Gasteiger partial charge is 0.345 e. The monoisotopic (exact) mass is 297 g/mol. The second-order valence-electron chi connectivity index (χ2n) is 4.94. The number of rotatable bonds is 6. The lowest BCUT2D eigenvalue weighted by Gasteiger charge is -2.21. The molecule has 0 saturated carbocycles. The standard InChI is InChI=1S/C14H19NO4S/c16-13(4-1-10-5-7-19-8-6-10)15-9-11-2-3-12(20-11)14(17)18/h2-3,10H,1,4-9H2,(H,15,16)(H,17,18). The van der Waals surface area contributed by atoms with Crippen molar-refractivity contribution >= 4 is 23.2 Å². The molecule has 20 heavy (non-hydrogen) atoms. The van der Waals surface area contributed by atoms with Gasteiger partial charge in [0.05, 0.1) is 6.54 Å². The summed E-state index contributed by atoms with van der Waals surface area (Å²) in [5.41, 5.74) is 0. The third-order valence-corrected chi connectivity index (χ3v) is 4.53. The van der Waals surface area contributed by atoms with Gasteiger partial charge in [0.2, 0.25) is 5.91 Å². The molecule has 1 aliphatic rings. The lowest BCUT2D eigenvalue weighted by Crippen LogP contribution is -2.24. The number of hydrogen-bond donors (Lipinski definition) is 2. The van der Waals surface area contributed by atoms with Crippen LogP contribution in [0.2, 0.25) is 0 Å². The van der Waals surface area contributed by atoms with E-state index in [1.807, 2.05) is 0 Å². The summed E-state index contributed by atoms with van der Waals surface area (Å²) in [5, 5.41) is 11.7. The molecule has 1 fully saturated rings. The Morgan fingerprint density at radius 2 is 2.10 bits per heavy atom. The Morgan fingerprint density at radius 1 is 1.35 bits per heavy atom. The minimum atomic E-state index is -0.924. The van der Waals surface area contributed by atoms with Gasteiger partial charge in [-0.15, -0.1) is 11.3 Å². The molecule has 1 aromatic rings. The Hall–Kier alpha value is -1.40. The van der Waals surface area contributed by atoms with E-state index in [0.29, 0.717) is 23.8 Å². The van der Waals surface area contributed by atoms with Crippen LogP contribution in [0, 0.1) is 5.92 Å². The minimum Gasteiger partial charge on any atom is -0.477 e. The average Bonchev–Trinajstić information content (AvgIpc) is 2.93. The van der Waals surface area contributed by atoms with Crippen LogP contribution in [0.3, 0.4) is 0 Å². The summed E-state index contributed by atoms with van der Waals surface area (Å²) in [7, 11) is 0. The van der Waals surface area contributed by atoms with Gasteiger partial charge in [-0.3, -0.25) is 4.79 Å². The summed E-state index contributed by atoms with van der Waals surface area (Å²) in [6, 6.07) is 3.31. The summed E-state index contributed by atoms with van der Waals surface area (Å²) in [5.74, 6) is -0.302. The molecular weight excluding hydrogens is 278 g/mol. The van der Waals surface area contributed by atoms with Gasteiger partial charge < -0.3 is 15.2 Å². The molecule has 0 aliphatic carbocycles. The first kappa shape index (κ1) is 15.0. The van der Waals surface area contributed by atoms with Gasteiger partial charge in [-0.25, -0.2) is 4.79 Å². The second-order valence-corrected chi connectivity index (χ2v) is 6.11. The molecular formula is C14H19NO4S. The molecule has 2 N–H and O–H groups in total. The van der Waals surface area contributed by atoms with Crippen molar-refractivity contribution in [3.63, 3.8) is 0 Å². The fraction of sp³-hybridized carbons (Fsp3) is 0.571. The van der Waals surface area contributed by atoms with E-state index < -0.39 is 5.97 Å². The van der Waals surface area contributed by atoms with Crippen molar-refractivity contribution in [2.45, 2.75) is 32.2 Å². The minimum absolute atomic E-state index is 0.0294. The van der Waals surface area contributed by atoms with Crippen LogP contribution in [0.15, 0.2) is 12.1 Å². The molecule has 6 heteroatoms. The number of carbonyl (C=O) groups excluding carboxylic acids is 1. The van der Waals surface area contributed by atoms with Crippen LogP contribution in [0.25, 0.3) is 0 Å². The average molecular weight is 297 g/mol. The first-order valence-corrected chi connectivity index (χ1v) is 7.63. The summed E-state index contributed by atoms with van der Waals surface area (Å²) in [4.78, 5) is 23.7. The van der Waals surface area contributed by atoms with E-state index in [-0.39, 0.29) is 5.91 Å². The molecule has 0 radical (unpaired) electrons. The summed E-state index contributed by atoms with van der Waals surface area (Å²) in [6.45, 7) is 2.02. The lowest BCUT2D eigenvalue weighted by molar-refractivity contribution is -0.121. The normalized spacial score (nSPS) is 16.0. The quantitative estimate of drug-likeness (QED) is 0.844. The number of hydrogen-bond acceptors (Lipinski definition) is 4. The Bertz CT molecular complexity index is 465. The van der Waals surface area contributed by atoms with Crippen LogP contribution in [-0.4, -0.2) is 30.2 Å². The zero-order valence-electron chi connectivity index (χ0n) is 11.3. The van der Waals surface area contributed by atoms with Gasteiger partial charge in [-0.1, -0.05) is 0 Å². The summed E-state index contributed by atoms with van der Waals surface area (Å²) >= 11 is 1.20. The number of carboxylic acids is 1. The molecule has 0 bridgehead atoms. The predicted octanol–water partition coefficient (Wildman–Crippen LogP) is 2.27. The maximum absolute atomic E-state index is 11.7. The summed E-state index contributed by atoms with van der Waals surface area (Å²) in [6.07, 6.45) is 3.52. The Labute approximate surface area is 121 Å². The van der Waals surface area contributed by atoms with Crippen molar-refractivity contribution < 1.29 is 19.4 Å². The Kier molecular flexibility index (Phi) is 5.55. The molecule has 0 spiro atoms. The lowest BCUT2D eigenvalue weighted by atomic mass is 9.95. The molecule has 0 aromatic carbocycles. The van der Waals surface area contributed by atoms with Gasteiger partial charge in [-0.2, -0.15) is 0 Å². The van der Waals surface area contributed by atoms with Crippen molar-refractivity contribution in [2.24, 2.45) is 5.92 Å². The van der Waals surface area contributed by atoms with Gasteiger partial charge in [0, 0.05) is 24.5 Å². The predicted molar refractivity (Wildman–Crippen MR) is 75.9 cm³/mol. The highest BCUT2D eigenvalue weighted by Crippen LogP contribution is 2.20. The molecule has 0 atom stereocenters. The van der Waals surface area contributed by atoms with Crippen LogP contribution in [0.4, 0.5) is 0 Å². The van der Waals surface area contributed by atoms with Gasteiger partial charge >= 0.3 is 5.97 Å². The zero-order chi connectivity index (χ0) is 14.4. The first-order chi connectivity index (χ1) is 9.65. The fourth-order valence-corrected chi connectivity index (χ4v) is 3.02. The van der Waals surface area contributed by atoms with E-state index in [4.69, 9.17) is 9.84 Å². The van der Waals surface area contributed by atoms with Crippen molar-refractivity contribution in [1.29, 1.82) is 0 Å². The fourth-order valence-electron chi connectivity index (χ4n) is 2.23. The summed E-state index contributed by atoms with van der Waals surface area (Å²) < 4.78 is 5.29. The molecule has 2 rings (SSSR count). The zero-order valence-corrected chi connectivity index (χ0v) is 12.1. The van der Waals surface area contributed by atoms with Crippen molar-refractivity contribution in [2.75, 3.05) is 13.2 Å². The number of thiophene rings is 1.